The Balaban J connectivity index is 0.928. The molecule has 2 aliphatic heterocycles. The second-order valence-electron chi connectivity index (χ2n) is 24.3. The summed E-state index contributed by atoms with van der Waals surface area (Å²) in [5.74, 6) is 3.17. The lowest BCUT2D eigenvalue weighted by Crippen LogP contribution is -2.61. The lowest BCUT2D eigenvalue weighted by Gasteiger charge is -2.44. The molecule has 0 fully saturated rings. The minimum atomic E-state index is -0.226. The zero-order chi connectivity index (χ0) is 64.2. The molecule has 0 saturated carbocycles. The van der Waals surface area contributed by atoms with Crippen molar-refractivity contribution in [3.05, 3.63) is 302 Å². The van der Waals surface area contributed by atoms with Gasteiger partial charge >= 0.3 is 0 Å². The summed E-state index contributed by atoms with van der Waals surface area (Å²) in [6, 6.07) is 103. The zero-order valence-electron chi connectivity index (χ0n) is 52.3. The zero-order valence-corrected chi connectivity index (χ0v) is 52.3. The average Bonchev–Trinajstić information content (AvgIpc) is 1.61. The van der Waals surface area contributed by atoms with Gasteiger partial charge in [-0.15, -0.1) is 0 Å². The number of nitriles is 2. The van der Waals surface area contributed by atoms with Gasteiger partial charge in [0.25, 0.3) is 6.71 Å². The summed E-state index contributed by atoms with van der Waals surface area (Å²) >= 11 is 0. The number of hydrogen-bond donors (Lipinski definition) is 0. The number of aryl methyl sites for hydroxylation is 1. The number of unbranched alkanes of at least 4 members (excludes halogenated alkanes) is 1. The van der Waals surface area contributed by atoms with Crippen molar-refractivity contribution < 1.29 is 0 Å². The predicted molar refractivity (Wildman–Crippen MR) is 388 cm³/mol. The Morgan fingerprint density at radius 1 is 0.344 bits per heavy atom. The fourth-order valence-corrected chi connectivity index (χ4v) is 14.0. The fraction of sp³-hybridized carbons (Fsp3) is 0.0476. The van der Waals surface area contributed by atoms with Gasteiger partial charge in [0.1, 0.15) is 0 Å². The Labute approximate surface area is 556 Å². The third-order valence-corrected chi connectivity index (χ3v) is 18.5. The summed E-state index contributed by atoms with van der Waals surface area (Å²) in [5, 5.41) is 23.2. The van der Waals surface area contributed by atoms with Crippen molar-refractivity contribution in [2.45, 2.75) is 26.2 Å². The molecule has 0 amide bonds. The maximum Gasteiger partial charge on any atom is 0.252 e. The van der Waals surface area contributed by atoms with E-state index >= 15 is 0 Å². The first-order valence-electron chi connectivity index (χ1n) is 32.4. The van der Waals surface area contributed by atoms with Crippen molar-refractivity contribution in [3.63, 3.8) is 0 Å². The van der Waals surface area contributed by atoms with Crippen molar-refractivity contribution in [1.29, 1.82) is 10.5 Å². The smallest absolute Gasteiger partial charge is 0.252 e. The van der Waals surface area contributed by atoms with Gasteiger partial charge in [-0.05, 0) is 143 Å². The van der Waals surface area contributed by atoms with Crippen LogP contribution in [0.1, 0.15) is 36.5 Å². The molecule has 0 bridgehead atoms. The maximum atomic E-state index is 10.5. The van der Waals surface area contributed by atoms with E-state index in [0.29, 0.717) is 46.1 Å². The first kappa shape index (κ1) is 57.0. The van der Waals surface area contributed by atoms with E-state index in [9.17, 15) is 10.5 Å². The summed E-state index contributed by atoms with van der Waals surface area (Å²) in [6.45, 7) is 2.01. The average molecular weight is 1230 g/mol. The number of hydrogen-bond acceptors (Lipinski definition) is 10. The third kappa shape index (κ3) is 10.0. The van der Waals surface area contributed by atoms with E-state index in [0.717, 1.165) is 142 Å². The van der Waals surface area contributed by atoms with E-state index in [1.54, 1.807) is 0 Å². The number of rotatable bonds is 13. The molecule has 450 valence electrons. The highest BCUT2D eigenvalue weighted by Crippen LogP contribution is 2.48. The summed E-state index contributed by atoms with van der Waals surface area (Å²) in [4.78, 5) is 36.3. The summed E-state index contributed by atoms with van der Waals surface area (Å²) < 4.78 is 2.39. The minimum Gasteiger partial charge on any atom is -0.311 e. The molecule has 0 unspecified atom stereocenters. The van der Waals surface area contributed by atoms with Crippen LogP contribution in [0.25, 0.3) is 107 Å². The van der Waals surface area contributed by atoms with E-state index in [1.807, 2.05) is 158 Å². The van der Waals surface area contributed by atoms with Crippen LogP contribution in [0.3, 0.4) is 0 Å². The molecule has 12 heteroatoms. The summed E-state index contributed by atoms with van der Waals surface area (Å²) in [6.07, 6.45) is 3.01. The van der Waals surface area contributed by atoms with E-state index in [-0.39, 0.29) is 6.71 Å². The highest BCUT2D eigenvalue weighted by molar-refractivity contribution is 7.00. The second kappa shape index (κ2) is 24.0. The molecule has 5 heterocycles. The van der Waals surface area contributed by atoms with Gasteiger partial charge in [-0.2, -0.15) is 10.5 Å². The van der Waals surface area contributed by atoms with Crippen LogP contribution in [0.5, 0.6) is 0 Å². The third-order valence-electron chi connectivity index (χ3n) is 18.5. The Bertz CT molecular complexity index is 5370. The Morgan fingerprint density at radius 3 is 1.26 bits per heavy atom. The van der Waals surface area contributed by atoms with Crippen molar-refractivity contribution >= 4 is 79.0 Å². The molecule has 3 aromatic heterocycles. The Morgan fingerprint density at radius 2 is 0.792 bits per heavy atom. The molecule has 96 heavy (non-hydrogen) atoms. The summed E-state index contributed by atoms with van der Waals surface area (Å²) in [7, 11) is 0. The Hall–Kier alpha value is -12.9. The first-order chi connectivity index (χ1) is 47.4. The molecule has 0 aliphatic carbocycles. The van der Waals surface area contributed by atoms with Crippen LogP contribution in [0, 0.1) is 22.7 Å². The number of aromatic nitrogens is 7. The number of fused-ring (bicyclic) bond motifs is 7. The van der Waals surface area contributed by atoms with E-state index in [2.05, 4.69) is 161 Å². The van der Waals surface area contributed by atoms with Crippen LogP contribution in [-0.2, 0) is 6.42 Å². The normalized spacial score (nSPS) is 12.1. The fourth-order valence-electron chi connectivity index (χ4n) is 14.0. The van der Waals surface area contributed by atoms with Crippen LogP contribution < -0.4 is 26.2 Å². The van der Waals surface area contributed by atoms with E-state index in [4.69, 9.17) is 29.9 Å². The van der Waals surface area contributed by atoms with Gasteiger partial charge in [0.05, 0.1) is 40.0 Å². The molecule has 17 rings (SSSR count). The molecule has 0 N–H and O–H groups in total. The SMILES string of the molecule is CCCCc1ccc2c3cc(-c4cc5c6c(c4)N(c4ccccc4)c4cc(C#N)ccc4B6c4ccc(C#N)cc4N5c4ccccc4)ccc3n(-c3ccc(-c4nc(-c5ccccc5)nc(-c5ccccc5)n4)cc3-c3nc(-c4ccccc4)nc(-c4ccccc4)n3)c2c1. The van der Waals surface area contributed by atoms with Crippen LogP contribution in [-0.4, -0.2) is 41.2 Å². The molecule has 0 radical (unpaired) electrons. The predicted octanol–water partition coefficient (Wildman–Crippen LogP) is 18.0. The standard InChI is InChI=1S/C84H56BN11/c1-2-3-22-54-35-40-66-67-48-61(63-50-76-78-77(51-63)95(65-33-20-9-21-34-65)75-47-56(53-87)37-42-70(75)85(78)69-41-36-55(52-86)46-74(69)94(76)64-31-18-8-19-32-64)38-43-71(67)96(73(66)45-54)72-44-39-62(83-90-79(57-23-10-4-11-24-57)88-80(91-83)58-25-12-5-13-26-58)49-68(72)84-92-81(59-27-14-6-15-28-59)89-82(93-84)60-29-16-7-17-30-60/h4-21,23-51H,2-3,22H2,1H3. The largest absolute Gasteiger partial charge is 0.311 e. The van der Waals surface area contributed by atoms with Gasteiger partial charge in [0, 0.05) is 78.3 Å². The second-order valence-corrected chi connectivity index (χ2v) is 24.3. The quantitative estimate of drug-likeness (QED) is 0.103. The highest BCUT2D eigenvalue weighted by Gasteiger charge is 2.44. The molecule has 2 aliphatic rings. The van der Waals surface area contributed by atoms with E-state index in [1.165, 1.54) is 5.56 Å². The maximum absolute atomic E-state index is 10.5. The number of anilines is 6. The van der Waals surface area contributed by atoms with Crippen molar-refractivity contribution in [2.24, 2.45) is 0 Å². The molecule has 0 saturated heterocycles. The van der Waals surface area contributed by atoms with Crippen molar-refractivity contribution in [3.8, 4) is 97.3 Å². The first-order valence-corrected chi connectivity index (χ1v) is 32.4. The van der Waals surface area contributed by atoms with Crippen LogP contribution >= 0.6 is 0 Å². The Kier molecular flexibility index (Phi) is 14.2. The lowest BCUT2D eigenvalue weighted by atomic mass is 9.33. The molecule has 12 aromatic carbocycles. The molecule has 0 atom stereocenters. The van der Waals surface area contributed by atoms with Crippen molar-refractivity contribution in [1.82, 2.24) is 34.5 Å². The number of para-hydroxylation sites is 2. The number of nitrogens with zero attached hydrogens (tertiary/aromatic N) is 11. The van der Waals surface area contributed by atoms with Gasteiger partial charge in [-0.3, -0.25) is 0 Å². The van der Waals surface area contributed by atoms with Gasteiger partial charge in [0.2, 0.25) is 0 Å². The van der Waals surface area contributed by atoms with Gasteiger partial charge in [0.15, 0.2) is 34.9 Å². The van der Waals surface area contributed by atoms with Gasteiger partial charge in [-0.25, -0.2) is 29.9 Å². The molecular weight excluding hydrogens is 1170 g/mol. The molecular formula is C84H56BN11. The monoisotopic (exact) mass is 1230 g/mol. The van der Waals surface area contributed by atoms with Crippen LogP contribution in [0.15, 0.2) is 285 Å². The van der Waals surface area contributed by atoms with Gasteiger partial charge in [-0.1, -0.05) is 201 Å². The number of benzene rings is 12. The van der Waals surface area contributed by atoms with Crippen molar-refractivity contribution in [2.75, 3.05) is 9.80 Å². The molecule has 0 spiro atoms. The van der Waals surface area contributed by atoms with E-state index < -0.39 is 0 Å². The molecule has 11 nitrogen and oxygen atoms in total. The van der Waals surface area contributed by atoms with Crippen LogP contribution in [0.4, 0.5) is 34.1 Å². The van der Waals surface area contributed by atoms with Crippen LogP contribution in [0.2, 0.25) is 0 Å². The molecule has 15 aromatic rings. The summed E-state index contributed by atoms with van der Waals surface area (Å²) in [5.41, 5.74) is 21.3. The lowest BCUT2D eigenvalue weighted by molar-refractivity contribution is 0.795. The van der Waals surface area contributed by atoms with Gasteiger partial charge < -0.3 is 14.4 Å². The minimum absolute atomic E-state index is 0.226. The topological polar surface area (TPSA) is 136 Å². The highest BCUT2D eigenvalue weighted by atomic mass is 15.2.